The van der Waals surface area contributed by atoms with E-state index in [1.54, 1.807) is 12.1 Å². The number of aromatic nitrogens is 1. The number of ketones is 1. The first-order valence-corrected chi connectivity index (χ1v) is 10.7. The van der Waals surface area contributed by atoms with E-state index in [2.05, 4.69) is 6.58 Å². The highest BCUT2D eigenvalue weighted by molar-refractivity contribution is 8.26. The summed E-state index contributed by atoms with van der Waals surface area (Å²) in [5, 5.41) is 21.8. The molecule has 0 spiro atoms. The van der Waals surface area contributed by atoms with Crippen molar-refractivity contribution < 1.29 is 14.7 Å². The number of aromatic hydroxyl groups is 1. The monoisotopic (exact) mass is 457 g/mol. The molecule has 7 nitrogen and oxygen atoms in total. The molecule has 3 rings (SSSR count). The van der Waals surface area contributed by atoms with Crippen LogP contribution in [0.4, 0.5) is 0 Å². The Labute approximate surface area is 185 Å². The number of hydrogen-bond acceptors (Lipinski definition) is 8. The Morgan fingerprint density at radius 2 is 2.17 bits per heavy atom. The molecule has 0 aliphatic carbocycles. The van der Waals surface area contributed by atoms with Crippen LogP contribution in [0, 0.1) is 18.3 Å². The van der Waals surface area contributed by atoms with Crippen LogP contribution >= 0.6 is 35.3 Å². The van der Waals surface area contributed by atoms with E-state index in [1.807, 2.05) is 17.5 Å². The molecule has 0 unspecified atom stereocenters. The second-order valence-corrected chi connectivity index (χ2v) is 8.88. The third kappa shape index (κ3) is 3.87. The topological polar surface area (TPSA) is 103 Å². The Bertz CT molecular complexity index is 1200. The number of rotatable bonds is 6. The molecule has 152 valence electrons. The van der Waals surface area contributed by atoms with Crippen molar-refractivity contribution in [1.82, 2.24) is 9.47 Å². The smallest absolute Gasteiger partial charge is 0.271 e. The molecule has 0 aromatic carbocycles. The summed E-state index contributed by atoms with van der Waals surface area (Å²) in [5.74, 6) is -1.61. The Hall–Kier alpha value is -3.00. The summed E-state index contributed by atoms with van der Waals surface area (Å²) in [4.78, 5) is 40.5. The third-order valence-corrected chi connectivity index (χ3v) is 6.58. The molecule has 1 fully saturated rings. The summed E-state index contributed by atoms with van der Waals surface area (Å²) in [6.45, 7) is 4.43. The molecule has 10 heteroatoms. The van der Waals surface area contributed by atoms with Gasteiger partial charge in [-0.05, 0) is 30.0 Å². The van der Waals surface area contributed by atoms with Gasteiger partial charge in [-0.25, -0.2) is 0 Å². The molecule has 2 aromatic heterocycles. The quantitative estimate of drug-likeness (QED) is 0.308. The molecule has 2 aromatic rings. The number of allylic oxidation sites excluding steroid dienone is 1. The lowest BCUT2D eigenvalue weighted by atomic mass is 10.0. The molecule has 3 heterocycles. The van der Waals surface area contributed by atoms with Crippen LogP contribution in [-0.2, 0) is 11.3 Å². The first kappa shape index (κ1) is 21.7. The number of carbonyl (C=O) groups is 2. The highest BCUT2D eigenvalue weighted by Gasteiger charge is 2.35. The van der Waals surface area contributed by atoms with Crippen molar-refractivity contribution in [1.29, 1.82) is 5.26 Å². The van der Waals surface area contributed by atoms with E-state index in [0.29, 0.717) is 4.91 Å². The minimum absolute atomic E-state index is 0.0601. The number of thioether (sulfide) groups is 1. The highest BCUT2D eigenvalue weighted by Crippen LogP contribution is 2.34. The Morgan fingerprint density at radius 1 is 1.43 bits per heavy atom. The molecule has 1 N–H and O–H groups in total. The van der Waals surface area contributed by atoms with Crippen LogP contribution in [0.2, 0.25) is 0 Å². The fourth-order valence-electron chi connectivity index (χ4n) is 2.94. The Morgan fingerprint density at radius 3 is 2.77 bits per heavy atom. The number of thiocarbonyl (C=S) groups is 1. The van der Waals surface area contributed by atoms with Gasteiger partial charge in [-0.15, -0.1) is 17.9 Å². The zero-order valence-corrected chi connectivity index (χ0v) is 18.2. The summed E-state index contributed by atoms with van der Waals surface area (Å²) < 4.78 is 1.11. The third-order valence-electron chi connectivity index (χ3n) is 4.38. The van der Waals surface area contributed by atoms with E-state index in [-0.39, 0.29) is 27.6 Å². The maximum atomic E-state index is 13.0. The minimum atomic E-state index is -0.714. The number of carbonyl (C=O) groups excluding carboxylic acids is 2. The fourth-order valence-corrected chi connectivity index (χ4v) is 4.92. The number of Topliss-reactive ketones (excluding diaryl/α,β-unsaturated/α-hetero) is 1. The Kier molecular flexibility index (Phi) is 6.36. The molecule has 0 bridgehead atoms. The zero-order chi connectivity index (χ0) is 22.0. The van der Waals surface area contributed by atoms with Gasteiger partial charge in [0.1, 0.15) is 16.0 Å². The number of amides is 1. The van der Waals surface area contributed by atoms with Crippen LogP contribution in [-0.4, -0.2) is 37.1 Å². The first-order valence-electron chi connectivity index (χ1n) is 8.59. The average Bonchev–Trinajstić information content (AvgIpc) is 3.30. The van der Waals surface area contributed by atoms with Gasteiger partial charge in [-0.2, -0.15) is 5.26 Å². The lowest BCUT2D eigenvalue weighted by Crippen LogP contribution is -2.35. The van der Waals surface area contributed by atoms with Gasteiger partial charge in [0.15, 0.2) is 5.78 Å². The number of nitriles is 1. The normalized spacial score (nSPS) is 14.9. The summed E-state index contributed by atoms with van der Waals surface area (Å²) in [6, 6.07) is 5.49. The summed E-state index contributed by atoms with van der Waals surface area (Å²) >= 11 is 7.81. The van der Waals surface area contributed by atoms with Crippen LogP contribution in [0.15, 0.2) is 39.9 Å². The Balaban J connectivity index is 1.97. The lowest BCUT2D eigenvalue weighted by Gasteiger charge is -2.17. The van der Waals surface area contributed by atoms with Gasteiger partial charge >= 0.3 is 0 Å². The van der Waals surface area contributed by atoms with Gasteiger partial charge < -0.3 is 5.11 Å². The van der Waals surface area contributed by atoms with Gasteiger partial charge in [0, 0.05) is 11.4 Å². The van der Waals surface area contributed by atoms with Crippen molar-refractivity contribution in [3.8, 4) is 11.9 Å². The van der Waals surface area contributed by atoms with Crippen LogP contribution in [0.3, 0.4) is 0 Å². The van der Waals surface area contributed by atoms with E-state index >= 15 is 0 Å². The molecule has 0 atom stereocenters. The minimum Gasteiger partial charge on any atom is -0.494 e. The van der Waals surface area contributed by atoms with Gasteiger partial charge in [0.2, 0.25) is 5.88 Å². The fraction of sp³-hybridized carbons (Fsp3) is 0.150. The summed E-state index contributed by atoms with van der Waals surface area (Å²) in [5.41, 5.74) is -1.09. The summed E-state index contributed by atoms with van der Waals surface area (Å²) in [7, 11) is 0. The van der Waals surface area contributed by atoms with E-state index in [4.69, 9.17) is 12.2 Å². The molecule has 1 amide bonds. The van der Waals surface area contributed by atoms with Crippen molar-refractivity contribution in [2.75, 3.05) is 6.54 Å². The average molecular weight is 458 g/mol. The van der Waals surface area contributed by atoms with E-state index < -0.39 is 29.7 Å². The van der Waals surface area contributed by atoms with Crippen molar-refractivity contribution in [3.63, 3.8) is 0 Å². The SMILES string of the molecule is C=CCn1c(O)c(C(=O)CN2C(=O)/C(=C/c3cccs3)SC2=S)c(C)c(C#N)c1=O. The predicted molar refractivity (Wildman–Crippen MR) is 121 cm³/mol. The van der Waals surface area contributed by atoms with Crippen molar-refractivity contribution in [2.24, 2.45) is 0 Å². The maximum Gasteiger partial charge on any atom is 0.271 e. The number of nitrogens with zero attached hydrogens (tertiary/aromatic N) is 3. The molecule has 1 aliphatic heterocycles. The van der Waals surface area contributed by atoms with Crippen LogP contribution in [0.5, 0.6) is 5.88 Å². The molecular weight excluding hydrogens is 442 g/mol. The maximum absolute atomic E-state index is 13.0. The number of thiophene rings is 1. The van der Waals surface area contributed by atoms with Crippen molar-refractivity contribution >= 4 is 57.4 Å². The van der Waals surface area contributed by atoms with Gasteiger partial charge in [-0.1, -0.05) is 36.1 Å². The number of pyridine rings is 1. The van der Waals surface area contributed by atoms with Crippen LogP contribution < -0.4 is 5.56 Å². The zero-order valence-electron chi connectivity index (χ0n) is 15.7. The molecule has 0 saturated carbocycles. The second kappa shape index (κ2) is 8.79. The van der Waals surface area contributed by atoms with Crippen LogP contribution in [0.1, 0.15) is 26.4 Å². The van der Waals surface area contributed by atoms with Gasteiger partial charge in [0.25, 0.3) is 11.5 Å². The lowest BCUT2D eigenvalue weighted by molar-refractivity contribution is -0.121. The van der Waals surface area contributed by atoms with Gasteiger partial charge in [-0.3, -0.25) is 23.9 Å². The largest absolute Gasteiger partial charge is 0.494 e. The van der Waals surface area contributed by atoms with E-state index in [0.717, 1.165) is 26.1 Å². The standard InChI is InChI=1S/C20H15N3O4S3/c1-3-6-22-17(25)13(9-21)11(2)16(19(22)27)14(24)10-23-18(26)15(30-20(23)28)8-12-5-4-7-29-12/h3-5,7-8,27H,1,6,10H2,2H3/b15-8-. The molecule has 1 aliphatic rings. The predicted octanol–water partition coefficient (Wildman–Crippen LogP) is 3.07. The van der Waals surface area contributed by atoms with Crippen LogP contribution in [0.25, 0.3) is 6.08 Å². The van der Waals surface area contributed by atoms with E-state index in [1.165, 1.54) is 24.3 Å². The van der Waals surface area contributed by atoms with E-state index in [9.17, 15) is 24.8 Å². The molecule has 0 radical (unpaired) electrons. The second-order valence-electron chi connectivity index (χ2n) is 6.22. The van der Waals surface area contributed by atoms with Crippen molar-refractivity contribution in [3.05, 3.63) is 67.0 Å². The molecular formula is C20H15N3O4S3. The highest BCUT2D eigenvalue weighted by atomic mass is 32.2. The van der Waals surface area contributed by atoms with Crippen molar-refractivity contribution in [2.45, 2.75) is 13.5 Å². The number of hydrogen-bond donors (Lipinski definition) is 1. The van der Waals surface area contributed by atoms with Gasteiger partial charge in [0.05, 0.1) is 17.0 Å². The summed E-state index contributed by atoms with van der Waals surface area (Å²) in [6.07, 6.45) is 3.07. The molecule has 1 saturated heterocycles. The first-order chi connectivity index (χ1) is 14.3. The molecule has 30 heavy (non-hydrogen) atoms.